The Morgan fingerprint density at radius 1 is 1.06 bits per heavy atom. The van der Waals surface area contributed by atoms with Crippen LogP contribution in [0, 0.1) is 11.7 Å². The monoisotopic (exact) mass is 460 g/mol. The number of aliphatic hydroxyl groups is 1. The molecule has 1 atom stereocenters. The maximum atomic E-state index is 13.6. The summed E-state index contributed by atoms with van der Waals surface area (Å²) in [6.45, 7) is 4.69. The molecular formula is C27H25FN2O4. The third-order valence-electron chi connectivity index (χ3n) is 5.50. The van der Waals surface area contributed by atoms with E-state index in [0.717, 1.165) is 0 Å². The molecule has 1 unspecified atom stereocenters. The first-order valence-corrected chi connectivity index (χ1v) is 11.0. The SMILES string of the molecule is CC(C)COc1ccc(/C(O)=C2\C(=O)C(=O)N(Cc3ccccn3)C2c2ccc(F)cc2)cc1. The van der Waals surface area contributed by atoms with Crippen molar-refractivity contribution >= 4 is 17.4 Å². The molecule has 1 aliphatic heterocycles. The number of likely N-dealkylation sites (tertiary alicyclic amines) is 1. The predicted molar refractivity (Wildman–Crippen MR) is 125 cm³/mol. The van der Waals surface area contributed by atoms with Gasteiger partial charge in [-0.05, 0) is 60.0 Å². The molecule has 0 aliphatic carbocycles. The van der Waals surface area contributed by atoms with E-state index in [4.69, 9.17) is 4.74 Å². The third kappa shape index (κ3) is 4.83. The zero-order valence-electron chi connectivity index (χ0n) is 18.9. The van der Waals surface area contributed by atoms with Crippen LogP contribution < -0.4 is 4.74 Å². The van der Waals surface area contributed by atoms with Crippen LogP contribution in [-0.4, -0.2) is 33.3 Å². The largest absolute Gasteiger partial charge is 0.507 e. The van der Waals surface area contributed by atoms with Gasteiger partial charge in [-0.2, -0.15) is 0 Å². The number of pyridine rings is 1. The van der Waals surface area contributed by atoms with Gasteiger partial charge in [0.25, 0.3) is 11.7 Å². The summed E-state index contributed by atoms with van der Waals surface area (Å²) in [5, 5.41) is 11.1. The summed E-state index contributed by atoms with van der Waals surface area (Å²) < 4.78 is 19.3. The maximum Gasteiger partial charge on any atom is 0.296 e. The minimum absolute atomic E-state index is 0.0524. The van der Waals surface area contributed by atoms with Crippen molar-refractivity contribution in [2.75, 3.05) is 6.61 Å². The average Bonchev–Trinajstić information content (AvgIpc) is 3.08. The van der Waals surface area contributed by atoms with Gasteiger partial charge in [-0.15, -0.1) is 0 Å². The van der Waals surface area contributed by atoms with E-state index in [-0.39, 0.29) is 17.9 Å². The zero-order valence-corrected chi connectivity index (χ0v) is 18.9. The van der Waals surface area contributed by atoms with Gasteiger partial charge in [0.15, 0.2) is 0 Å². The van der Waals surface area contributed by atoms with Crippen LogP contribution in [0.3, 0.4) is 0 Å². The molecule has 0 bridgehead atoms. The molecule has 1 saturated heterocycles. The van der Waals surface area contributed by atoms with Crippen molar-refractivity contribution in [3.05, 3.63) is 101 Å². The van der Waals surface area contributed by atoms with Crippen LogP contribution in [0.25, 0.3) is 5.76 Å². The molecule has 1 amide bonds. The number of halogens is 1. The second kappa shape index (κ2) is 9.87. The van der Waals surface area contributed by atoms with Gasteiger partial charge >= 0.3 is 0 Å². The van der Waals surface area contributed by atoms with E-state index in [1.807, 2.05) is 13.8 Å². The Balaban J connectivity index is 1.75. The average molecular weight is 461 g/mol. The zero-order chi connectivity index (χ0) is 24.2. The summed E-state index contributed by atoms with van der Waals surface area (Å²) in [6.07, 6.45) is 1.60. The van der Waals surface area contributed by atoms with E-state index < -0.39 is 23.5 Å². The van der Waals surface area contributed by atoms with Crippen molar-refractivity contribution in [3.8, 4) is 5.75 Å². The van der Waals surface area contributed by atoms with Crippen LogP contribution in [0.2, 0.25) is 0 Å². The molecule has 2 aromatic carbocycles. The van der Waals surface area contributed by atoms with Gasteiger partial charge in [0.05, 0.1) is 30.5 Å². The highest BCUT2D eigenvalue weighted by Crippen LogP contribution is 2.40. The maximum absolute atomic E-state index is 13.6. The van der Waals surface area contributed by atoms with Crippen molar-refractivity contribution in [2.24, 2.45) is 5.92 Å². The van der Waals surface area contributed by atoms with Gasteiger partial charge in [-0.25, -0.2) is 4.39 Å². The van der Waals surface area contributed by atoms with Gasteiger partial charge in [0.1, 0.15) is 17.3 Å². The van der Waals surface area contributed by atoms with E-state index in [2.05, 4.69) is 4.98 Å². The molecule has 0 saturated carbocycles. The fraction of sp³-hybridized carbons (Fsp3) is 0.222. The summed E-state index contributed by atoms with van der Waals surface area (Å²) in [5.74, 6) is -1.30. The van der Waals surface area contributed by atoms with Gasteiger partial charge in [0, 0.05) is 11.8 Å². The number of benzene rings is 2. The number of carbonyl (C=O) groups is 2. The van der Waals surface area contributed by atoms with Crippen molar-refractivity contribution in [1.82, 2.24) is 9.88 Å². The molecule has 0 spiro atoms. The van der Waals surface area contributed by atoms with E-state index in [9.17, 15) is 19.1 Å². The number of amides is 1. The number of aliphatic hydroxyl groups excluding tert-OH is 1. The molecular weight excluding hydrogens is 435 g/mol. The lowest BCUT2D eigenvalue weighted by molar-refractivity contribution is -0.140. The molecule has 4 rings (SSSR count). The van der Waals surface area contributed by atoms with Crippen LogP contribution in [-0.2, 0) is 16.1 Å². The van der Waals surface area contributed by atoms with Gasteiger partial charge in [-0.1, -0.05) is 32.0 Å². The highest BCUT2D eigenvalue weighted by atomic mass is 19.1. The van der Waals surface area contributed by atoms with Crippen LogP contribution >= 0.6 is 0 Å². The van der Waals surface area contributed by atoms with Crippen molar-refractivity contribution in [2.45, 2.75) is 26.4 Å². The van der Waals surface area contributed by atoms with E-state index in [1.54, 1.807) is 48.7 Å². The number of nitrogens with zero attached hydrogens (tertiary/aromatic N) is 2. The Morgan fingerprint density at radius 2 is 1.76 bits per heavy atom. The van der Waals surface area contributed by atoms with Gasteiger partial charge in [0.2, 0.25) is 0 Å². The lowest BCUT2D eigenvalue weighted by atomic mass is 9.95. The highest BCUT2D eigenvalue weighted by molar-refractivity contribution is 6.46. The lowest BCUT2D eigenvalue weighted by Gasteiger charge is -2.25. The second-order valence-corrected chi connectivity index (χ2v) is 8.53. The smallest absolute Gasteiger partial charge is 0.296 e. The number of hydrogen-bond donors (Lipinski definition) is 1. The van der Waals surface area contributed by atoms with E-state index >= 15 is 0 Å². The van der Waals surface area contributed by atoms with Crippen LogP contribution in [0.4, 0.5) is 4.39 Å². The first-order chi connectivity index (χ1) is 16.3. The molecule has 174 valence electrons. The third-order valence-corrected chi connectivity index (χ3v) is 5.50. The normalized spacial score (nSPS) is 17.4. The first-order valence-electron chi connectivity index (χ1n) is 11.0. The Kier molecular flexibility index (Phi) is 6.72. The molecule has 1 aromatic heterocycles. The van der Waals surface area contributed by atoms with E-state index in [0.29, 0.717) is 35.1 Å². The van der Waals surface area contributed by atoms with Crippen molar-refractivity contribution in [1.29, 1.82) is 0 Å². The minimum atomic E-state index is -0.889. The fourth-order valence-electron chi connectivity index (χ4n) is 3.83. The minimum Gasteiger partial charge on any atom is -0.507 e. The molecule has 1 aliphatic rings. The summed E-state index contributed by atoms with van der Waals surface area (Å²) in [4.78, 5) is 31.7. The number of ether oxygens (including phenoxy) is 1. The van der Waals surface area contributed by atoms with E-state index in [1.165, 1.54) is 29.2 Å². The Hall–Kier alpha value is -4.00. The highest BCUT2D eigenvalue weighted by Gasteiger charge is 2.46. The number of aromatic nitrogens is 1. The first kappa shape index (κ1) is 23.2. The van der Waals surface area contributed by atoms with Gasteiger partial charge < -0.3 is 14.7 Å². The molecule has 34 heavy (non-hydrogen) atoms. The molecule has 1 fully saturated rings. The molecule has 2 heterocycles. The summed E-state index contributed by atoms with van der Waals surface area (Å²) in [7, 11) is 0. The van der Waals surface area contributed by atoms with Crippen LogP contribution in [0.1, 0.15) is 36.7 Å². The number of rotatable bonds is 7. The molecule has 0 radical (unpaired) electrons. The topological polar surface area (TPSA) is 79.7 Å². The standard InChI is InChI=1S/C27H25FN2O4/c1-17(2)16-34-22-12-8-19(9-13-22)25(31)23-24(18-6-10-20(28)11-7-18)30(27(33)26(23)32)15-21-5-3-4-14-29-21/h3-14,17,24,31H,15-16H2,1-2H3/b25-23+. The summed E-state index contributed by atoms with van der Waals surface area (Å²) in [6, 6.07) is 16.6. The lowest BCUT2D eigenvalue weighted by Crippen LogP contribution is -2.29. The molecule has 7 heteroatoms. The Morgan fingerprint density at radius 3 is 2.38 bits per heavy atom. The molecule has 6 nitrogen and oxygen atoms in total. The van der Waals surface area contributed by atoms with Crippen molar-refractivity contribution in [3.63, 3.8) is 0 Å². The Labute approximate surface area is 197 Å². The summed E-state index contributed by atoms with van der Waals surface area (Å²) >= 11 is 0. The van der Waals surface area contributed by atoms with Crippen molar-refractivity contribution < 1.29 is 23.8 Å². The number of ketones is 1. The fourth-order valence-corrected chi connectivity index (χ4v) is 3.83. The number of hydrogen-bond acceptors (Lipinski definition) is 5. The summed E-state index contributed by atoms with van der Waals surface area (Å²) in [5.41, 5.74) is 1.42. The molecule has 3 aromatic rings. The van der Waals surface area contributed by atoms with Crippen LogP contribution in [0.15, 0.2) is 78.5 Å². The number of carbonyl (C=O) groups excluding carboxylic acids is 2. The number of Topliss-reactive ketones (excluding diaryl/α,β-unsaturated/α-hetero) is 1. The molecule has 1 N–H and O–H groups in total. The predicted octanol–water partition coefficient (Wildman–Crippen LogP) is 4.88. The second-order valence-electron chi connectivity index (χ2n) is 8.53. The Bertz CT molecular complexity index is 1210. The van der Waals surface area contributed by atoms with Gasteiger partial charge in [-0.3, -0.25) is 14.6 Å². The quantitative estimate of drug-likeness (QED) is 0.309. The van der Waals surface area contributed by atoms with Crippen LogP contribution in [0.5, 0.6) is 5.75 Å².